The van der Waals surface area contributed by atoms with E-state index in [0.29, 0.717) is 19.1 Å². The first-order chi connectivity index (χ1) is 6.77. The maximum Gasteiger partial charge on any atom is 0.325 e. The first-order valence-electron chi connectivity index (χ1n) is 4.92. The largest absolute Gasteiger partial charge is 0.465 e. The third kappa shape index (κ3) is 3.75. The highest BCUT2D eigenvalue weighted by atomic mass is 16.5. The lowest BCUT2D eigenvalue weighted by atomic mass is 10.2. The summed E-state index contributed by atoms with van der Waals surface area (Å²) < 4.78 is 9.98. The minimum atomic E-state index is -0.770. The molecule has 0 amide bonds. The molecule has 0 spiro atoms. The summed E-state index contributed by atoms with van der Waals surface area (Å²) in [5.41, 5.74) is 0. The van der Waals surface area contributed by atoms with Crippen molar-refractivity contribution in [1.29, 1.82) is 5.26 Å². The van der Waals surface area contributed by atoms with Gasteiger partial charge in [0.25, 0.3) is 0 Å². The average molecular weight is 197 g/mol. The van der Waals surface area contributed by atoms with Crippen LogP contribution in [0.1, 0.15) is 19.8 Å². The predicted molar refractivity (Wildman–Crippen MR) is 49.3 cm³/mol. The number of carbonyl (C=O) groups is 1. The summed E-state index contributed by atoms with van der Waals surface area (Å²) in [6.45, 7) is 2.85. The fourth-order valence-electron chi connectivity index (χ4n) is 1.04. The normalized spacial score (nSPS) is 17.1. The quantitative estimate of drug-likeness (QED) is 0.598. The number of hydrogen-bond acceptors (Lipinski definition) is 4. The zero-order valence-electron chi connectivity index (χ0n) is 8.36. The van der Waals surface area contributed by atoms with E-state index in [1.165, 1.54) is 12.8 Å². The monoisotopic (exact) mass is 197 g/mol. The average Bonchev–Trinajstić information content (AvgIpc) is 2.96. The SMILES string of the molecule is CCOC(=O)C(C#N)COCC1CC1. The molecule has 0 saturated heterocycles. The molecule has 4 heteroatoms. The summed E-state index contributed by atoms with van der Waals surface area (Å²) in [4.78, 5) is 11.1. The maximum absolute atomic E-state index is 11.1. The lowest BCUT2D eigenvalue weighted by Crippen LogP contribution is -2.21. The predicted octanol–water partition coefficient (Wildman–Crippen LogP) is 1.12. The lowest BCUT2D eigenvalue weighted by molar-refractivity contribution is -0.147. The molecule has 1 aliphatic carbocycles. The van der Waals surface area contributed by atoms with Crippen LogP contribution in [0.2, 0.25) is 0 Å². The van der Waals surface area contributed by atoms with Gasteiger partial charge in [-0.05, 0) is 25.7 Å². The van der Waals surface area contributed by atoms with Gasteiger partial charge in [-0.3, -0.25) is 4.79 Å². The molecule has 0 bridgehead atoms. The highest BCUT2D eigenvalue weighted by Crippen LogP contribution is 2.28. The van der Waals surface area contributed by atoms with Crippen molar-refractivity contribution in [2.45, 2.75) is 19.8 Å². The summed E-state index contributed by atoms with van der Waals surface area (Å²) in [5, 5.41) is 8.67. The van der Waals surface area contributed by atoms with Crippen LogP contribution in [-0.4, -0.2) is 25.8 Å². The second-order valence-corrected chi connectivity index (χ2v) is 3.41. The van der Waals surface area contributed by atoms with Crippen LogP contribution in [0.15, 0.2) is 0 Å². The topological polar surface area (TPSA) is 59.3 Å². The molecule has 1 saturated carbocycles. The van der Waals surface area contributed by atoms with Gasteiger partial charge in [0.05, 0.1) is 19.3 Å². The number of nitrogens with zero attached hydrogens (tertiary/aromatic N) is 1. The van der Waals surface area contributed by atoms with Gasteiger partial charge in [0.1, 0.15) is 0 Å². The molecule has 0 aromatic heterocycles. The number of nitriles is 1. The van der Waals surface area contributed by atoms with Gasteiger partial charge in [-0.2, -0.15) is 5.26 Å². The van der Waals surface area contributed by atoms with Crippen LogP contribution in [-0.2, 0) is 14.3 Å². The van der Waals surface area contributed by atoms with Crippen LogP contribution in [0.5, 0.6) is 0 Å². The van der Waals surface area contributed by atoms with Gasteiger partial charge >= 0.3 is 5.97 Å². The molecular formula is C10H15NO3. The van der Waals surface area contributed by atoms with E-state index in [4.69, 9.17) is 14.7 Å². The van der Waals surface area contributed by atoms with Crippen LogP contribution in [0.25, 0.3) is 0 Å². The van der Waals surface area contributed by atoms with E-state index in [9.17, 15) is 4.79 Å². The Hall–Kier alpha value is -1.08. The molecule has 1 unspecified atom stereocenters. The molecule has 1 fully saturated rings. The maximum atomic E-state index is 11.1. The summed E-state index contributed by atoms with van der Waals surface area (Å²) in [7, 11) is 0. The van der Waals surface area contributed by atoms with Crippen molar-refractivity contribution in [3.05, 3.63) is 0 Å². The van der Waals surface area contributed by atoms with E-state index in [1.54, 1.807) is 6.92 Å². The van der Waals surface area contributed by atoms with Gasteiger partial charge in [-0.1, -0.05) is 0 Å². The van der Waals surface area contributed by atoms with Crippen molar-refractivity contribution >= 4 is 5.97 Å². The van der Waals surface area contributed by atoms with Crippen LogP contribution in [0.4, 0.5) is 0 Å². The third-order valence-electron chi connectivity index (χ3n) is 2.06. The molecule has 78 valence electrons. The Bertz CT molecular complexity index is 230. The summed E-state index contributed by atoms with van der Waals surface area (Å²) in [6.07, 6.45) is 2.41. The number of hydrogen-bond donors (Lipinski definition) is 0. The van der Waals surface area contributed by atoms with Crippen LogP contribution in [0.3, 0.4) is 0 Å². The van der Waals surface area contributed by atoms with Gasteiger partial charge < -0.3 is 9.47 Å². The van der Waals surface area contributed by atoms with E-state index in [1.807, 2.05) is 6.07 Å². The van der Waals surface area contributed by atoms with E-state index < -0.39 is 11.9 Å². The summed E-state index contributed by atoms with van der Waals surface area (Å²) in [6, 6.07) is 1.88. The van der Waals surface area contributed by atoms with Crippen molar-refractivity contribution in [2.24, 2.45) is 11.8 Å². The Kier molecular flexibility index (Phi) is 4.41. The molecule has 1 rings (SSSR count). The Morgan fingerprint density at radius 3 is 2.86 bits per heavy atom. The molecule has 4 nitrogen and oxygen atoms in total. The van der Waals surface area contributed by atoms with E-state index in [-0.39, 0.29) is 6.61 Å². The molecule has 0 aliphatic heterocycles. The molecular weight excluding hydrogens is 182 g/mol. The van der Waals surface area contributed by atoms with Crippen LogP contribution >= 0.6 is 0 Å². The number of esters is 1. The van der Waals surface area contributed by atoms with E-state index in [0.717, 1.165) is 0 Å². The molecule has 1 aliphatic rings. The van der Waals surface area contributed by atoms with Crippen molar-refractivity contribution in [3.8, 4) is 6.07 Å². The second-order valence-electron chi connectivity index (χ2n) is 3.41. The molecule has 0 N–H and O–H groups in total. The summed E-state index contributed by atoms with van der Waals surface area (Å²) >= 11 is 0. The van der Waals surface area contributed by atoms with Gasteiger partial charge in [0, 0.05) is 6.61 Å². The zero-order chi connectivity index (χ0) is 10.4. The Labute approximate surface area is 83.8 Å². The number of rotatable bonds is 6. The molecule has 0 aromatic rings. The highest BCUT2D eigenvalue weighted by molar-refractivity contribution is 5.75. The number of ether oxygens (including phenoxy) is 2. The van der Waals surface area contributed by atoms with Crippen molar-refractivity contribution in [1.82, 2.24) is 0 Å². The van der Waals surface area contributed by atoms with E-state index in [2.05, 4.69) is 0 Å². The summed E-state index contributed by atoms with van der Waals surface area (Å²) in [5.74, 6) is -0.601. The molecule has 0 radical (unpaired) electrons. The van der Waals surface area contributed by atoms with Crippen molar-refractivity contribution < 1.29 is 14.3 Å². The Balaban J connectivity index is 2.16. The van der Waals surface area contributed by atoms with Crippen molar-refractivity contribution in [2.75, 3.05) is 19.8 Å². The Morgan fingerprint density at radius 1 is 1.64 bits per heavy atom. The molecule has 1 atom stereocenters. The highest BCUT2D eigenvalue weighted by Gasteiger charge is 2.24. The first kappa shape index (κ1) is 11.0. The minimum Gasteiger partial charge on any atom is -0.465 e. The van der Waals surface area contributed by atoms with E-state index >= 15 is 0 Å². The zero-order valence-corrected chi connectivity index (χ0v) is 8.36. The third-order valence-corrected chi connectivity index (χ3v) is 2.06. The van der Waals surface area contributed by atoms with Gasteiger partial charge in [-0.15, -0.1) is 0 Å². The van der Waals surface area contributed by atoms with Gasteiger partial charge in [0.2, 0.25) is 0 Å². The Morgan fingerprint density at radius 2 is 2.36 bits per heavy atom. The van der Waals surface area contributed by atoms with Crippen molar-refractivity contribution in [3.63, 3.8) is 0 Å². The fourth-order valence-corrected chi connectivity index (χ4v) is 1.04. The van der Waals surface area contributed by atoms with Gasteiger partial charge in [-0.25, -0.2) is 0 Å². The standard InChI is InChI=1S/C10H15NO3/c1-2-14-10(12)9(5-11)7-13-6-8-3-4-8/h8-9H,2-4,6-7H2,1H3. The fraction of sp³-hybridized carbons (Fsp3) is 0.800. The molecule has 0 heterocycles. The van der Waals surface area contributed by atoms with Gasteiger partial charge in [0.15, 0.2) is 5.92 Å². The second kappa shape index (κ2) is 5.61. The molecule has 14 heavy (non-hydrogen) atoms. The first-order valence-corrected chi connectivity index (χ1v) is 4.92. The lowest BCUT2D eigenvalue weighted by Gasteiger charge is -2.08. The number of carbonyl (C=O) groups excluding carboxylic acids is 1. The smallest absolute Gasteiger partial charge is 0.325 e. The minimum absolute atomic E-state index is 0.159. The van der Waals surface area contributed by atoms with Crippen LogP contribution in [0, 0.1) is 23.2 Å². The van der Waals surface area contributed by atoms with Crippen LogP contribution < -0.4 is 0 Å². The molecule has 0 aromatic carbocycles.